The number of thiazole rings is 1. The lowest BCUT2D eigenvalue weighted by atomic mass is 10.1. The van der Waals surface area contributed by atoms with E-state index < -0.39 is 0 Å². The highest BCUT2D eigenvalue weighted by molar-refractivity contribution is 7.14. The minimum absolute atomic E-state index is 0.0259. The molecule has 0 bridgehead atoms. The van der Waals surface area contributed by atoms with Crippen molar-refractivity contribution in [3.05, 3.63) is 23.6 Å². The second-order valence-corrected chi connectivity index (χ2v) is 6.76. The second kappa shape index (κ2) is 11.5. The first-order chi connectivity index (χ1) is 13.5. The summed E-state index contributed by atoms with van der Waals surface area (Å²) in [7, 11) is 0. The second-order valence-electron chi connectivity index (χ2n) is 5.90. The van der Waals surface area contributed by atoms with E-state index in [0.29, 0.717) is 55.9 Å². The van der Waals surface area contributed by atoms with Gasteiger partial charge in [-0.15, -0.1) is 11.3 Å². The zero-order chi connectivity index (χ0) is 20.4. The number of ether oxygens (including phenoxy) is 2. The van der Waals surface area contributed by atoms with Crippen molar-refractivity contribution in [1.82, 2.24) is 9.88 Å². The third-order valence-electron chi connectivity index (χ3n) is 3.89. The molecule has 1 aromatic heterocycles. The van der Waals surface area contributed by atoms with Gasteiger partial charge in [-0.3, -0.25) is 5.32 Å². The van der Waals surface area contributed by atoms with Crippen LogP contribution in [0.1, 0.15) is 20.3 Å². The van der Waals surface area contributed by atoms with Crippen molar-refractivity contribution >= 4 is 22.5 Å². The van der Waals surface area contributed by atoms with Gasteiger partial charge in [-0.05, 0) is 32.4 Å². The maximum absolute atomic E-state index is 12.6. The molecule has 0 atom stereocenters. The van der Waals surface area contributed by atoms with Crippen LogP contribution in [0, 0.1) is 0 Å². The van der Waals surface area contributed by atoms with E-state index in [2.05, 4.69) is 10.3 Å². The molecule has 0 saturated carbocycles. The fourth-order valence-electron chi connectivity index (χ4n) is 2.50. The molecule has 3 N–H and O–H groups in total. The number of urea groups is 1. The lowest BCUT2D eigenvalue weighted by Crippen LogP contribution is -2.38. The summed E-state index contributed by atoms with van der Waals surface area (Å²) >= 11 is 1.26. The number of amides is 2. The summed E-state index contributed by atoms with van der Waals surface area (Å²) in [5, 5.41) is 24.3. The molecule has 0 unspecified atom stereocenters. The van der Waals surface area contributed by atoms with E-state index in [-0.39, 0.29) is 17.5 Å². The predicted octanol–water partition coefficient (Wildman–Crippen LogP) is 3.52. The quantitative estimate of drug-likeness (QED) is 0.491. The van der Waals surface area contributed by atoms with Gasteiger partial charge in [0.1, 0.15) is 11.5 Å². The van der Waals surface area contributed by atoms with Crippen LogP contribution in [0.4, 0.5) is 9.93 Å². The number of aromatic nitrogens is 1. The Bertz CT molecular complexity index is 753. The number of carbonyl (C=O) groups is 1. The molecule has 1 aromatic carbocycles. The van der Waals surface area contributed by atoms with Gasteiger partial charge in [-0.2, -0.15) is 0 Å². The molecule has 0 radical (unpaired) electrons. The van der Waals surface area contributed by atoms with Gasteiger partial charge in [0, 0.05) is 49.9 Å². The van der Waals surface area contributed by atoms with Crippen molar-refractivity contribution in [3.63, 3.8) is 0 Å². The average Bonchev–Trinajstić information content (AvgIpc) is 3.11. The first-order valence-corrected chi connectivity index (χ1v) is 10.1. The number of phenolic OH excluding ortho intramolecular Hbond substituents is 2. The van der Waals surface area contributed by atoms with Crippen LogP contribution in [0.2, 0.25) is 0 Å². The van der Waals surface area contributed by atoms with Crippen LogP contribution in [0.15, 0.2) is 23.6 Å². The number of rotatable bonds is 11. The molecule has 1 heterocycles. The highest BCUT2D eigenvalue weighted by Crippen LogP contribution is 2.33. The molecule has 28 heavy (non-hydrogen) atoms. The first-order valence-electron chi connectivity index (χ1n) is 9.24. The lowest BCUT2D eigenvalue weighted by Gasteiger charge is -2.22. The van der Waals surface area contributed by atoms with Crippen molar-refractivity contribution in [2.24, 2.45) is 0 Å². The van der Waals surface area contributed by atoms with E-state index in [1.807, 2.05) is 13.8 Å². The van der Waals surface area contributed by atoms with E-state index in [0.717, 1.165) is 6.42 Å². The number of phenols is 2. The summed E-state index contributed by atoms with van der Waals surface area (Å²) in [6.07, 6.45) is 0.734. The van der Waals surface area contributed by atoms with E-state index in [4.69, 9.17) is 9.47 Å². The van der Waals surface area contributed by atoms with Crippen LogP contribution in [-0.4, -0.2) is 65.6 Å². The Morgan fingerprint density at radius 2 is 1.93 bits per heavy atom. The van der Waals surface area contributed by atoms with Crippen LogP contribution < -0.4 is 5.32 Å². The van der Waals surface area contributed by atoms with Crippen LogP contribution in [0.3, 0.4) is 0 Å². The SMILES string of the molecule is CCOCCCN(CCOCC)C(=O)Nc1nc(-c2ccc(O)cc2O)cs1. The van der Waals surface area contributed by atoms with E-state index in [1.54, 1.807) is 16.3 Å². The third-order valence-corrected chi connectivity index (χ3v) is 4.65. The predicted molar refractivity (Wildman–Crippen MR) is 109 cm³/mol. The van der Waals surface area contributed by atoms with Crippen LogP contribution in [0.25, 0.3) is 11.3 Å². The molecule has 0 aliphatic rings. The Morgan fingerprint density at radius 3 is 2.64 bits per heavy atom. The number of nitrogens with zero attached hydrogens (tertiary/aromatic N) is 2. The van der Waals surface area contributed by atoms with Crippen molar-refractivity contribution in [1.29, 1.82) is 0 Å². The van der Waals surface area contributed by atoms with Gasteiger partial charge < -0.3 is 24.6 Å². The summed E-state index contributed by atoms with van der Waals surface area (Å²) < 4.78 is 10.7. The molecule has 2 amide bonds. The molecule has 154 valence electrons. The molecule has 0 aliphatic carbocycles. The lowest BCUT2D eigenvalue weighted by molar-refractivity contribution is 0.110. The standard InChI is InChI=1S/C19H27N3O5S/c1-3-26-10-5-8-22(9-11-27-4-2)19(25)21-18-20-16(13-28-18)15-7-6-14(23)12-17(15)24/h6-7,12-13,23-24H,3-5,8-11H2,1-2H3,(H,20,21,25). The average molecular weight is 410 g/mol. The Labute approximate surface area is 168 Å². The molecular weight excluding hydrogens is 382 g/mol. The summed E-state index contributed by atoms with van der Waals surface area (Å²) in [5.41, 5.74) is 1.01. The fraction of sp³-hybridized carbons (Fsp3) is 0.474. The minimum Gasteiger partial charge on any atom is -0.508 e. The number of benzene rings is 1. The van der Waals surface area contributed by atoms with Gasteiger partial charge in [0.2, 0.25) is 0 Å². The number of hydrogen-bond acceptors (Lipinski definition) is 7. The zero-order valence-electron chi connectivity index (χ0n) is 16.2. The monoisotopic (exact) mass is 409 g/mol. The normalized spacial score (nSPS) is 10.8. The van der Waals surface area contributed by atoms with Gasteiger partial charge in [0.05, 0.1) is 12.3 Å². The largest absolute Gasteiger partial charge is 0.508 e. The van der Waals surface area contributed by atoms with Crippen LogP contribution in [-0.2, 0) is 9.47 Å². The van der Waals surface area contributed by atoms with Gasteiger partial charge in [-0.25, -0.2) is 9.78 Å². The van der Waals surface area contributed by atoms with Gasteiger partial charge in [0.25, 0.3) is 0 Å². The molecule has 0 saturated heterocycles. The number of carbonyl (C=O) groups excluding carboxylic acids is 1. The Kier molecular flexibility index (Phi) is 8.99. The maximum atomic E-state index is 12.6. The van der Waals surface area contributed by atoms with E-state index in [1.165, 1.54) is 23.5 Å². The maximum Gasteiger partial charge on any atom is 0.323 e. The molecule has 9 heteroatoms. The summed E-state index contributed by atoms with van der Waals surface area (Å²) in [6, 6.07) is 4.04. The molecule has 8 nitrogen and oxygen atoms in total. The first kappa shape index (κ1) is 21.9. The summed E-state index contributed by atoms with van der Waals surface area (Å²) in [4.78, 5) is 18.7. The molecule has 0 aliphatic heterocycles. The van der Waals surface area contributed by atoms with Crippen molar-refractivity contribution in [3.8, 4) is 22.8 Å². The van der Waals surface area contributed by atoms with Gasteiger partial charge in [0.15, 0.2) is 5.13 Å². The van der Waals surface area contributed by atoms with Gasteiger partial charge in [-0.1, -0.05) is 0 Å². The minimum atomic E-state index is -0.257. The number of aromatic hydroxyl groups is 2. The topological polar surface area (TPSA) is 104 Å². The Hall–Kier alpha value is -2.36. The van der Waals surface area contributed by atoms with Crippen molar-refractivity contribution in [2.45, 2.75) is 20.3 Å². The number of anilines is 1. The molecular formula is C19H27N3O5S. The number of nitrogens with one attached hydrogen (secondary N) is 1. The molecule has 0 fully saturated rings. The van der Waals surface area contributed by atoms with Gasteiger partial charge >= 0.3 is 6.03 Å². The highest BCUT2D eigenvalue weighted by Gasteiger charge is 2.16. The molecule has 0 spiro atoms. The Morgan fingerprint density at radius 1 is 1.18 bits per heavy atom. The molecule has 2 rings (SSSR count). The fourth-order valence-corrected chi connectivity index (χ4v) is 3.20. The van der Waals surface area contributed by atoms with E-state index >= 15 is 0 Å². The zero-order valence-corrected chi connectivity index (χ0v) is 17.0. The number of hydrogen-bond donors (Lipinski definition) is 3. The summed E-state index contributed by atoms with van der Waals surface area (Å²) in [5.74, 6) is -0.0977. The van der Waals surface area contributed by atoms with Crippen LogP contribution >= 0.6 is 11.3 Å². The van der Waals surface area contributed by atoms with Crippen molar-refractivity contribution < 1.29 is 24.5 Å². The van der Waals surface area contributed by atoms with Crippen LogP contribution in [0.5, 0.6) is 11.5 Å². The van der Waals surface area contributed by atoms with Crippen molar-refractivity contribution in [2.75, 3.05) is 44.8 Å². The van der Waals surface area contributed by atoms with E-state index in [9.17, 15) is 15.0 Å². The third kappa shape index (κ3) is 6.66. The highest BCUT2D eigenvalue weighted by atomic mass is 32.1. The smallest absolute Gasteiger partial charge is 0.323 e. The Balaban J connectivity index is 2.00. The molecule has 2 aromatic rings. The summed E-state index contributed by atoms with van der Waals surface area (Å²) in [6.45, 7) is 7.18.